The quantitative estimate of drug-likeness (QED) is 0.136. The zero-order valence-electron chi connectivity index (χ0n) is 53.7. The van der Waals surface area contributed by atoms with Crippen LogP contribution in [-0.2, 0) is 5.41 Å². The zero-order valence-corrected chi connectivity index (χ0v) is 53.7. The molecule has 14 aromatic carbocycles. The van der Waals surface area contributed by atoms with Gasteiger partial charge in [-0.2, -0.15) is 0 Å². The average Bonchev–Trinajstić information content (AvgIpc) is 1.58. The van der Waals surface area contributed by atoms with Gasteiger partial charge in [-0.1, -0.05) is 220 Å². The lowest BCUT2D eigenvalue weighted by Gasteiger charge is -2.33. The average molecular weight is 1240 g/mol. The molecule has 2 aliphatic carbocycles. The first-order valence-corrected chi connectivity index (χ1v) is 33.8. The molecule has 0 amide bonds. The first kappa shape index (κ1) is 55.1. The Morgan fingerprint density at radius 3 is 1.08 bits per heavy atom. The van der Waals surface area contributed by atoms with Gasteiger partial charge in [-0.3, -0.25) is 0 Å². The molecule has 0 N–H and O–H groups in total. The molecule has 0 saturated heterocycles. The number of hydrogen-bond acceptors (Lipinski definition) is 2. The largest absolute Gasteiger partial charge is 0.333 e. The molecule has 20 rings (SSSR count). The summed E-state index contributed by atoms with van der Waals surface area (Å²) in [7, 11) is 0. The van der Waals surface area contributed by atoms with Gasteiger partial charge in [0.1, 0.15) is 0 Å². The molecule has 1 unspecified atom stereocenters. The van der Waals surface area contributed by atoms with Crippen molar-refractivity contribution in [2.24, 2.45) is 0 Å². The van der Waals surface area contributed by atoms with Crippen molar-refractivity contribution in [3.8, 4) is 28.2 Å². The van der Waals surface area contributed by atoms with Gasteiger partial charge in [-0.15, -0.1) is 0 Å². The molecule has 6 nitrogen and oxygen atoms in total. The fourth-order valence-corrected chi connectivity index (χ4v) is 17.0. The maximum absolute atomic E-state index is 2.57. The van der Waals surface area contributed by atoms with E-state index in [0.29, 0.717) is 0 Å². The van der Waals surface area contributed by atoms with E-state index >= 15 is 0 Å². The summed E-state index contributed by atoms with van der Waals surface area (Å²) in [5, 5.41) is 12.4. The van der Waals surface area contributed by atoms with E-state index in [0.717, 1.165) is 51.9 Å². The molecule has 0 bridgehead atoms. The number of rotatable bonds is 10. The van der Waals surface area contributed by atoms with E-state index in [1.54, 1.807) is 0 Å². The Balaban J connectivity index is 0.773. The molecule has 2 aliphatic rings. The topological polar surface area (TPSA) is 26.2 Å². The maximum Gasteiger partial charge on any atom is 0.0580 e. The highest BCUT2D eigenvalue weighted by Gasteiger charge is 2.39. The lowest BCUT2D eigenvalue weighted by molar-refractivity contribution is 0.622. The number of hydrogen-bond donors (Lipinski definition) is 0. The van der Waals surface area contributed by atoms with Crippen LogP contribution in [0.3, 0.4) is 0 Å². The van der Waals surface area contributed by atoms with Gasteiger partial charge in [0.05, 0.1) is 44.8 Å². The summed E-state index contributed by atoms with van der Waals surface area (Å²) in [5.74, 6) is 0. The number of fused-ring (bicyclic) bond motifs is 17. The minimum atomic E-state index is -0.441. The number of anilines is 5. The van der Waals surface area contributed by atoms with Crippen LogP contribution in [0.25, 0.3) is 126 Å². The maximum atomic E-state index is 2.57. The van der Waals surface area contributed by atoms with Gasteiger partial charge < -0.3 is 28.1 Å². The van der Waals surface area contributed by atoms with Crippen LogP contribution in [0.15, 0.2) is 339 Å². The standard InChI is InChI=1S/C91H64N6/c1-91(2)79-57-67(92(59-25-21-29-63(53-59)94-81-43-13-5-33-68(81)69-34-6-14-44-82(69)94)60-26-22-30-64(54-60)95-83-45-15-7-35-70(83)71-36-8-16-46-84(71)95)51-52-78(79)90-77-42-4-3-41-76(77)89(58-80(90)91)93(61-27-23-31-65(55-61)96-85-47-17-9-37-72(85)73-38-10-18-48-86(73)96)62-28-24-32-66(56-62)97-87-49-19-11-39-74(87)75-40-12-20-50-88(75)97/h3-53,55-58,64H,54H2,1-2H3. The molecular weight excluding hydrogens is 1180 g/mol. The number of benzene rings is 14. The van der Waals surface area contributed by atoms with Gasteiger partial charge in [-0.25, -0.2) is 0 Å². The highest BCUT2D eigenvalue weighted by atomic mass is 15.2. The van der Waals surface area contributed by atoms with Crippen LogP contribution in [0, 0.1) is 0 Å². The number of allylic oxidation sites excluding steroid dienone is 4. The van der Waals surface area contributed by atoms with E-state index < -0.39 is 5.41 Å². The highest BCUT2D eigenvalue weighted by molar-refractivity contribution is 6.14. The third-order valence-electron chi connectivity index (χ3n) is 21.2. The predicted octanol–water partition coefficient (Wildman–Crippen LogP) is 24.2. The third kappa shape index (κ3) is 8.26. The number of para-hydroxylation sites is 8. The van der Waals surface area contributed by atoms with Gasteiger partial charge >= 0.3 is 0 Å². The van der Waals surface area contributed by atoms with Crippen LogP contribution in [0.5, 0.6) is 0 Å². The van der Waals surface area contributed by atoms with E-state index in [9.17, 15) is 0 Å². The number of aromatic nitrogens is 4. The Labute approximate surface area is 561 Å². The monoisotopic (exact) mass is 1240 g/mol. The van der Waals surface area contributed by atoms with Crippen molar-refractivity contribution in [3.63, 3.8) is 0 Å². The van der Waals surface area contributed by atoms with E-state index in [4.69, 9.17) is 0 Å². The molecule has 18 aromatic rings. The van der Waals surface area contributed by atoms with Crippen molar-refractivity contribution in [2.75, 3.05) is 9.80 Å². The molecule has 0 saturated carbocycles. The van der Waals surface area contributed by atoms with Crippen molar-refractivity contribution in [2.45, 2.75) is 31.7 Å². The van der Waals surface area contributed by atoms with E-state index in [1.165, 1.54) is 126 Å². The van der Waals surface area contributed by atoms with Crippen LogP contribution in [0.1, 0.15) is 37.4 Å². The molecule has 97 heavy (non-hydrogen) atoms. The highest BCUT2D eigenvalue weighted by Crippen LogP contribution is 2.56. The van der Waals surface area contributed by atoms with Crippen molar-refractivity contribution in [1.29, 1.82) is 0 Å². The van der Waals surface area contributed by atoms with E-state index in [2.05, 4.69) is 376 Å². The lowest BCUT2D eigenvalue weighted by Crippen LogP contribution is -2.22. The second kappa shape index (κ2) is 21.3. The summed E-state index contributed by atoms with van der Waals surface area (Å²) in [6.45, 7) is 4.90. The van der Waals surface area contributed by atoms with Crippen LogP contribution in [0.2, 0.25) is 0 Å². The Morgan fingerprint density at radius 2 is 0.660 bits per heavy atom. The molecule has 1 atom stereocenters. The second-order valence-electron chi connectivity index (χ2n) is 26.8. The van der Waals surface area contributed by atoms with Crippen molar-refractivity contribution in [3.05, 3.63) is 351 Å². The molecule has 4 heterocycles. The lowest BCUT2D eigenvalue weighted by atomic mass is 9.81. The van der Waals surface area contributed by atoms with Crippen molar-refractivity contribution in [1.82, 2.24) is 18.3 Å². The summed E-state index contributed by atoms with van der Waals surface area (Å²) in [6, 6.07) is 117. The first-order chi connectivity index (χ1) is 47.9. The molecule has 0 spiro atoms. The molecule has 0 aliphatic heterocycles. The molecule has 458 valence electrons. The van der Waals surface area contributed by atoms with E-state index in [-0.39, 0.29) is 6.04 Å². The summed E-state index contributed by atoms with van der Waals surface area (Å²) in [5.41, 5.74) is 24.3. The van der Waals surface area contributed by atoms with Crippen LogP contribution >= 0.6 is 0 Å². The molecule has 4 aromatic heterocycles. The van der Waals surface area contributed by atoms with Gasteiger partial charge in [0.15, 0.2) is 0 Å². The van der Waals surface area contributed by atoms with Gasteiger partial charge in [0, 0.05) is 117 Å². The van der Waals surface area contributed by atoms with Crippen molar-refractivity contribution >= 4 is 126 Å². The predicted molar refractivity (Wildman–Crippen MR) is 408 cm³/mol. The smallest absolute Gasteiger partial charge is 0.0580 e. The Morgan fingerprint density at radius 1 is 0.309 bits per heavy atom. The molecule has 0 fully saturated rings. The number of nitrogens with zero attached hydrogens (tertiary/aromatic N) is 6. The Kier molecular flexibility index (Phi) is 12.1. The molecular formula is C91H64N6. The van der Waals surface area contributed by atoms with Crippen LogP contribution in [0.4, 0.5) is 28.4 Å². The van der Waals surface area contributed by atoms with Gasteiger partial charge in [0.2, 0.25) is 0 Å². The fraction of sp³-hybridized carbons (Fsp3) is 0.0549. The van der Waals surface area contributed by atoms with E-state index in [1.807, 2.05) is 0 Å². The molecule has 6 heteroatoms. The summed E-state index contributed by atoms with van der Waals surface area (Å²) >= 11 is 0. The minimum Gasteiger partial charge on any atom is -0.333 e. The zero-order chi connectivity index (χ0) is 64.0. The summed E-state index contributed by atoms with van der Waals surface area (Å²) in [6.07, 6.45) is 7.82. The SMILES string of the molecule is CC1(C)c2cc(N(C3=CC=CC(n4c5ccccc5c5ccccc54)C3)c3cccc(-n4c5ccccc5c5ccccc54)c3)ccc2-c2c1cc(N(c1cccc(-n3c4ccccc4c4ccccc43)c1)c1cccc(-n3c4ccccc4c4ccccc43)c1)c1ccccc21. The summed E-state index contributed by atoms with van der Waals surface area (Å²) < 4.78 is 9.88. The van der Waals surface area contributed by atoms with Gasteiger partial charge in [0.25, 0.3) is 0 Å². The molecule has 0 radical (unpaired) electrons. The van der Waals surface area contributed by atoms with Crippen molar-refractivity contribution < 1.29 is 0 Å². The minimum absolute atomic E-state index is 0.0565. The Bertz CT molecular complexity index is 6010. The second-order valence-corrected chi connectivity index (χ2v) is 26.8. The normalized spacial score (nSPS) is 14.2. The fourth-order valence-electron chi connectivity index (χ4n) is 17.0. The van der Waals surface area contributed by atoms with Gasteiger partial charge in [-0.05, 0) is 155 Å². The van der Waals surface area contributed by atoms with Crippen LogP contribution in [-0.4, -0.2) is 18.3 Å². The Hall–Kier alpha value is -12.4. The summed E-state index contributed by atoms with van der Waals surface area (Å²) in [4.78, 5) is 5.09. The first-order valence-electron chi connectivity index (χ1n) is 33.8. The van der Waals surface area contributed by atoms with Crippen LogP contribution < -0.4 is 9.80 Å². The third-order valence-corrected chi connectivity index (χ3v) is 21.2.